The topological polar surface area (TPSA) is 26.3 Å². The van der Waals surface area contributed by atoms with E-state index in [1.807, 2.05) is 25.1 Å². The molecule has 1 rings (SSSR count). The fraction of sp³-hybridized carbons (Fsp3) is 0.250. The van der Waals surface area contributed by atoms with Gasteiger partial charge in [-0.05, 0) is 18.6 Å². The SMILES string of the molecule is C=Cc1ccc(C(C)Br)cc1OC(C)=O. The van der Waals surface area contributed by atoms with Gasteiger partial charge >= 0.3 is 5.97 Å². The van der Waals surface area contributed by atoms with Gasteiger partial charge in [0, 0.05) is 17.3 Å². The molecule has 0 heterocycles. The van der Waals surface area contributed by atoms with Crippen LogP contribution in [0.4, 0.5) is 0 Å². The molecule has 1 aromatic rings. The third kappa shape index (κ3) is 3.20. The van der Waals surface area contributed by atoms with Gasteiger partial charge in [0.2, 0.25) is 0 Å². The molecule has 0 radical (unpaired) electrons. The molecular weight excluding hydrogens is 256 g/mol. The molecule has 1 aromatic carbocycles. The minimum atomic E-state index is -0.322. The minimum absolute atomic E-state index is 0.227. The lowest BCUT2D eigenvalue weighted by Crippen LogP contribution is -2.03. The maximum atomic E-state index is 10.9. The Kier molecular flexibility index (Phi) is 4.09. The van der Waals surface area contributed by atoms with E-state index < -0.39 is 0 Å². The van der Waals surface area contributed by atoms with E-state index in [1.165, 1.54) is 6.92 Å². The number of alkyl halides is 1. The van der Waals surface area contributed by atoms with Crippen molar-refractivity contribution < 1.29 is 9.53 Å². The average molecular weight is 269 g/mol. The second kappa shape index (κ2) is 5.12. The molecule has 0 fully saturated rings. The Morgan fingerprint density at radius 2 is 2.27 bits per heavy atom. The predicted molar refractivity (Wildman–Crippen MR) is 65.2 cm³/mol. The van der Waals surface area contributed by atoms with Crippen LogP contribution < -0.4 is 4.74 Å². The molecule has 15 heavy (non-hydrogen) atoms. The van der Waals surface area contributed by atoms with Gasteiger partial charge in [-0.1, -0.05) is 40.7 Å². The average Bonchev–Trinajstić information content (AvgIpc) is 2.16. The molecule has 0 aliphatic carbocycles. The molecule has 3 heteroatoms. The highest BCUT2D eigenvalue weighted by atomic mass is 79.9. The molecular formula is C12H13BrO2. The molecule has 2 nitrogen and oxygen atoms in total. The van der Waals surface area contributed by atoms with Crippen molar-refractivity contribution in [2.24, 2.45) is 0 Å². The molecule has 80 valence electrons. The van der Waals surface area contributed by atoms with E-state index in [1.54, 1.807) is 6.08 Å². The zero-order valence-corrected chi connectivity index (χ0v) is 10.4. The van der Waals surface area contributed by atoms with Gasteiger partial charge in [0.1, 0.15) is 5.75 Å². The Bertz CT molecular complexity index is 383. The van der Waals surface area contributed by atoms with Crippen LogP contribution in [0.5, 0.6) is 5.75 Å². The fourth-order valence-corrected chi connectivity index (χ4v) is 1.50. The van der Waals surface area contributed by atoms with Crippen LogP contribution >= 0.6 is 15.9 Å². The Morgan fingerprint density at radius 3 is 2.73 bits per heavy atom. The monoisotopic (exact) mass is 268 g/mol. The molecule has 1 unspecified atom stereocenters. The maximum Gasteiger partial charge on any atom is 0.308 e. The first-order valence-corrected chi connectivity index (χ1v) is 5.55. The summed E-state index contributed by atoms with van der Waals surface area (Å²) in [6, 6.07) is 5.71. The molecule has 0 saturated carbocycles. The van der Waals surface area contributed by atoms with Crippen molar-refractivity contribution in [3.8, 4) is 5.75 Å². The summed E-state index contributed by atoms with van der Waals surface area (Å²) in [5.74, 6) is 0.235. The number of halogens is 1. The number of carbonyl (C=O) groups is 1. The van der Waals surface area contributed by atoms with Crippen LogP contribution in [0.2, 0.25) is 0 Å². The zero-order valence-electron chi connectivity index (χ0n) is 8.79. The molecule has 0 aliphatic heterocycles. The van der Waals surface area contributed by atoms with Crippen LogP contribution in [-0.2, 0) is 4.79 Å². The summed E-state index contributed by atoms with van der Waals surface area (Å²) in [6.07, 6.45) is 1.67. The molecule has 1 atom stereocenters. The van der Waals surface area contributed by atoms with Crippen LogP contribution in [0, 0.1) is 0 Å². The number of rotatable bonds is 3. The van der Waals surface area contributed by atoms with Crippen molar-refractivity contribution in [1.82, 2.24) is 0 Å². The Labute approximate surface area is 98.1 Å². The summed E-state index contributed by atoms with van der Waals surface area (Å²) < 4.78 is 5.10. The van der Waals surface area contributed by atoms with Crippen LogP contribution in [0.15, 0.2) is 24.8 Å². The first-order valence-electron chi connectivity index (χ1n) is 4.63. The fourth-order valence-electron chi connectivity index (χ4n) is 1.21. The van der Waals surface area contributed by atoms with E-state index >= 15 is 0 Å². The third-order valence-corrected chi connectivity index (χ3v) is 2.50. The highest BCUT2D eigenvalue weighted by Crippen LogP contribution is 2.28. The van der Waals surface area contributed by atoms with Crippen molar-refractivity contribution >= 4 is 28.0 Å². The number of carbonyl (C=O) groups excluding carboxylic acids is 1. The van der Waals surface area contributed by atoms with Gasteiger partial charge in [-0.15, -0.1) is 0 Å². The number of benzene rings is 1. The van der Waals surface area contributed by atoms with Crippen molar-refractivity contribution in [3.63, 3.8) is 0 Å². The summed E-state index contributed by atoms with van der Waals surface area (Å²) >= 11 is 3.46. The Morgan fingerprint density at radius 1 is 1.60 bits per heavy atom. The van der Waals surface area contributed by atoms with E-state index in [4.69, 9.17) is 4.74 Å². The summed E-state index contributed by atoms with van der Waals surface area (Å²) in [6.45, 7) is 7.07. The summed E-state index contributed by atoms with van der Waals surface area (Å²) in [4.78, 5) is 11.1. The first kappa shape index (κ1) is 12.0. The van der Waals surface area contributed by atoms with Crippen LogP contribution in [0.1, 0.15) is 29.8 Å². The van der Waals surface area contributed by atoms with Gasteiger partial charge in [-0.25, -0.2) is 0 Å². The van der Waals surface area contributed by atoms with E-state index in [9.17, 15) is 4.79 Å². The number of esters is 1. The largest absolute Gasteiger partial charge is 0.426 e. The summed E-state index contributed by atoms with van der Waals surface area (Å²) in [5, 5.41) is 0. The van der Waals surface area contributed by atoms with Gasteiger partial charge < -0.3 is 4.74 Å². The molecule has 0 aromatic heterocycles. The smallest absolute Gasteiger partial charge is 0.308 e. The van der Waals surface area contributed by atoms with Crippen molar-refractivity contribution in [2.45, 2.75) is 18.7 Å². The van der Waals surface area contributed by atoms with Crippen LogP contribution in [0.3, 0.4) is 0 Å². The minimum Gasteiger partial charge on any atom is -0.426 e. The molecule has 0 spiro atoms. The highest BCUT2D eigenvalue weighted by molar-refractivity contribution is 9.09. The Hall–Kier alpha value is -1.09. The standard InChI is InChI=1S/C12H13BrO2/c1-4-10-5-6-11(8(2)13)7-12(10)15-9(3)14/h4-8H,1H2,2-3H3. The first-order chi connectivity index (χ1) is 7.04. The molecule has 0 amide bonds. The van der Waals surface area contributed by atoms with E-state index in [-0.39, 0.29) is 10.8 Å². The Balaban J connectivity index is 3.12. The molecule has 0 aliphatic rings. The number of hydrogen-bond acceptors (Lipinski definition) is 2. The number of hydrogen-bond donors (Lipinski definition) is 0. The van der Waals surface area contributed by atoms with Crippen LogP contribution in [0.25, 0.3) is 6.08 Å². The maximum absolute atomic E-state index is 10.9. The van der Waals surface area contributed by atoms with E-state index in [2.05, 4.69) is 22.5 Å². The van der Waals surface area contributed by atoms with E-state index in [0.717, 1.165) is 11.1 Å². The molecule has 0 N–H and O–H groups in total. The lowest BCUT2D eigenvalue weighted by atomic mass is 10.1. The van der Waals surface area contributed by atoms with Crippen LogP contribution in [-0.4, -0.2) is 5.97 Å². The van der Waals surface area contributed by atoms with Crippen molar-refractivity contribution in [3.05, 3.63) is 35.9 Å². The lowest BCUT2D eigenvalue weighted by Gasteiger charge is -2.09. The molecule has 0 bridgehead atoms. The summed E-state index contributed by atoms with van der Waals surface area (Å²) in [7, 11) is 0. The zero-order chi connectivity index (χ0) is 11.4. The van der Waals surface area contributed by atoms with Gasteiger partial charge in [-0.2, -0.15) is 0 Å². The van der Waals surface area contributed by atoms with Gasteiger partial charge in [0.05, 0.1) is 0 Å². The number of ether oxygens (including phenoxy) is 1. The molecule has 0 saturated heterocycles. The van der Waals surface area contributed by atoms with Gasteiger partial charge in [0.15, 0.2) is 0 Å². The van der Waals surface area contributed by atoms with Crippen molar-refractivity contribution in [1.29, 1.82) is 0 Å². The highest BCUT2D eigenvalue weighted by Gasteiger charge is 2.07. The second-order valence-electron chi connectivity index (χ2n) is 3.21. The van der Waals surface area contributed by atoms with Gasteiger partial charge in [0.25, 0.3) is 0 Å². The predicted octanol–water partition coefficient (Wildman–Crippen LogP) is 3.71. The third-order valence-electron chi connectivity index (χ3n) is 1.97. The quantitative estimate of drug-likeness (QED) is 0.475. The normalized spacial score (nSPS) is 11.9. The van der Waals surface area contributed by atoms with Crippen molar-refractivity contribution in [2.75, 3.05) is 0 Å². The second-order valence-corrected chi connectivity index (χ2v) is 4.58. The van der Waals surface area contributed by atoms with Gasteiger partial charge in [-0.3, -0.25) is 4.79 Å². The summed E-state index contributed by atoms with van der Waals surface area (Å²) in [5.41, 5.74) is 1.89. The lowest BCUT2D eigenvalue weighted by molar-refractivity contribution is -0.131. The van der Waals surface area contributed by atoms with E-state index in [0.29, 0.717) is 5.75 Å².